The van der Waals surface area contributed by atoms with E-state index in [1.54, 1.807) is 6.07 Å². The second-order valence-electron chi connectivity index (χ2n) is 6.02. The molecule has 6 heteroatoms. The summed E-state index contributed by atoms with van der Waals surface area (Å²) in [6.45, 7) is 0.457. The Balaban J connectivity index is 1.64. The Labute approximate surface area is 152 Å². The number of nitrogens with one attached hydrogen (secondary N) is 2. The monoisotopic (exact) mass is 347 g/mol. The maximum atomic E-state index is 12.3. The van der Waals surface area contributed by atoms with Gasteiger partial charge in [0.15, 0.2) is 0 Å². The molecule has 0 spiro atoms. The van der Waals surface area contributed by atoms with E-state index in [-0.39, 0.29) is 5.91 Å². The van der Waals surface area contributed by atoms with Gasteiger partial charge in [-0.2, -0.15) is 0 Å². The van der Waals surface area contributed by atoms with Gasteiger partial charge in [-0.15, -0.1) is 0 Å². The molecule has 3 rings (SSSR count). The van der Waals surface area contributed by atoms with Crippen LogP contribution in [0.1, 0.15) is 16.1 Å². The average Bonchev–Trinajstić information content (AvgIpc) is 2.67. The van der Waals surface area contributed by atoms with E-state index < -0.39 is 0 Å². The minimum atomic E-state index is -0.234. The van der Waals surface area contributed by atoms with Crippen LogP contribution in [-0.2, 0) is 6.54 Å². The SMILES string of the molecule is CN(C)c1ccc(Nc2cc(C(=O)NCc3ccccc3)ncn2)cc1. The van der Waals surface area contributed by atoms with E-state index in [0.29, 0.717) is 18.1 Å². The summed E-state index contributed by atoms with van der Waals surface area (Å²) < 4.78 is 0. The van der Waals surface area contributed by atoms with Crippen molar-refractivity contribution in [1.82, 2.24) is 15.3 Å². The largest absolute Gasteiger partial charge is 0.378 e. The molecule has 0 unspecified atom stereocenters. The van der Waals surface area contributed by atoms with E-state index in [0.717, 1.165) is 16.9 Å². The first-order valence-corrected chi connectivity index (χ1v) is 8.30. The minimum absolute atomic E-state index is 0.234. The molecule has 3 aromatic rings. The van der Waals surface area contributed by atoms with Gasteiger partial charge in [-0.1, -0.05) is 30.3 Å². The zero-order valence-corrected chi connectivity index (χ0v) is 14.8. The van der Waals surface area contributed by atoms with Crippen molar-refractivity contribution in [3.05, 3.63) is 78.2 Å². The van der Waals surface area contributed by atoms with Crippen LogP contribution in [0.15, 0.2) is 67.0 Å². The lowest BCUT2D eigenvalue weighted by molar-refractivity contribution is 0.0946. The van der Waals surface area contributed by atoms with Gasteiger partial charge in [0, 0.05) is 38.1 Å². The maximum Gasteiger partial charge on any atom is 0.270 e. The molecule has 2 aromatic carbocycles. The van der Waals surface area contributed by atoms with Crippen LogP contribution in [0.5, 0.6) is 0 Å². The zero-order chi connectivity index (χ0) is 18.4. The van der Waals surface area contributed by atoms with Crippen LogP contribution in [0.4, 0.5) is 17.2 Å². The van der Waals surface area contributed by atoms with Crippen LogP contribution in [0, 0.1) is 0 Å². The average molecular weight is 347 g/mol. The van der Waals surface area contributed by atoms with Crippen molar-refractivity contribution < 1.29 is 4.79 Å². The third kappa shape index (κ3) is 4.57. The molecule has 0 saturated heterocycles. The van der Waals surface area contributed by atoms with Gasteiger partial charge in [-0.05, 0) is 29.8 Å². The number of amides is 1. The highest BCUT2D eigenvalue weighted by Gasteiger charge is 2.09. The van der Waals surface area contributed by atoms with Crippen molar-refractivity contribution >= 4 is 23.1 Å². The molecule has 26 heavy (non-hydrogen) atoms. The van der Waals surface area contributed by atoms with E-state index >= 15 is 0 Å². The highest BCUT2D eigenvalue weighted by molar-refractivity contribution is 5.92. The fraction of sp³-hybridized carbons (Fsp3) is 0.150. The topological polar surface area (TPSA) is 70.2 Å². The number of benzene rings is 2. The van der Waals surface area contributed by atoms with Gasteiger partial charge >= 0.3 is 0 Å². The van der Waals surface area contributed by atoms with Gasteiger partial charge in [0.25, 0.3) is 5.91 Å². The van der Waals surface area contributed by atoms with Crippen LogP contribution < -0.4 is 15.5 Å². The molecule has 0 fully saturated rings. The van der Waals surface area contributed by atoms with Crippen LogP contribution >= 0.6 is 0 Å². The van der Waals surface area contributed by atoms with Crippen LogP contribution in [0.2, 0.25) is 0 Å². The smallest absolute Gasteiger partial charge is 0.270 e. The number of hydrogen-bond donors (Lipinski definition) is 2. The number of aromatic nitrogens is 2. The summed E-state index contributed by atoms with van der Waals surface area (Å²) in [4.78, 5) is 22.6. The number of carbonyl (C=O) groups excluding carboxylic acids is 1. The number of anilines is 3. The van der Waals surface area contributed by atoms with Crippen molar-refractivity contribution in [2.45, 2.75) is 6.54 Å². The highest BCUT2D eigenvalue weighted by Crippen LogP contribution is 2.19. The van der Waals surface area contributed by atoms with Gasteiger partial charge in [0.2, 0.25) is 0 Å². The van der Waals surface area contributed by atoms with E-state index in [1.165, 1.54) is 6.33 Å². The van der Waals surface area contributed by atoms with E-state index in [2.05, 4.69) is 20.6 Å². The van der Waals surface area contributed by atoms with Crippen molar-refractivity contribution in [3.63, 3.8) is 0 Å². The molecule has 0 aliphatic rings. The molecular weight excluding hydrogens is 326 g/mol. The fourth-order valence-corrected chi connectivity index (χ4v) is 2.41. The Bertz CT molecular complexity index is 863. The summed E-state index contributed by atoms with van der Waals surface area (Å²) in [7, 11) is 3.99. The van der Waals surface area contributed by atoms with Gasteiger partial charge in [0.1, 0.15) is 17.8 Å². The summed E-state index contributed by atoms with van der Waals surface area (Å²) in [5, 5.41) is 6.05. The first-order chi connectivity index (χ1) is 12.6. The van der Waals surface area contributed by atoms with Crippen LogP contribution in [-0.4, -0.2) is 30.0 Å². The molecule has 132 valence electrons. The number of rotatable bonds is 6. The second-order valence-corrected chi connectivity index (χ2v) is 6.02. The molecule has 0 aliphatic carbocycles. The lowest BCUT2D eigenvalue weighted by Gasteiger charge is -2.13. The van der Waals surface area contributed by atoms with Gasteiger partial charge < -0.3 is 15.5 Å². The number of hydrogen-bond acceptors (Lipinski definition) is 5. The summed E-state index contributed by atoms with van der Waals surface area (Å²) in [5.74, 6) is 0.338. The summed E-state index contributed by atoms with van der Waals surface area (Å²) in [5.41, 5.74) is 3.36. The Morgan fingerprint density at radius 2 is 1.73 bits per heavy atom. The second kappa shape index (κ2) is 8.11. The predicted octanol–water partition coefficient (Wildman–Crippen LogP) is 3.22. The van der Waals surface area contributed by atoms with E-state index in [1.807, 2.05) is 73.6 Å². The standard InChI is InChI=1S/C20H21N5O/c1-25(2)17-10-8-16(9-11-17)24-19-12-18(22-14-23-19)20(26)21-13-15-6-4-3-5-7-15/h3-12,14H,13H2,1-2H3,(H,21,26)(H,22,23,24). The zero-order valence-electron chi connectivity index (χ0n) is 14.8. The molecule has 0 bridgehead atoms. The molecule has 2 N–H and O–H groups in total. The molecule has 0 radical (unpaired) electrons. The molecule has 0 atom stereocenters. The first kappa shape index (κ1) is 17.4. The summed E-state index contributed by atoms with van der Waals surface area (Å²) in [6, 6.07) is 19.3. The van der Waals surface area contributed by atoms with Gasteiger partial charge in [-0.25, -0.2) is 9.97 Å². The number of carbonyl (C=O) groups is 1. The van der Waals surface area contributed by atoms with E-state index in [4.69, 9.17) is 0 Å². The third-order valence-corrected chi connectivity index (χ3v) is 3.85. The van der Waals surface area contributed by atoms with Crippen molar-refractivity contribution in [3.8, 4) is 0 Å². The molecule has 0 saturated carbocycles. The van der Waals surface area contributed by atoms with E-state index in [9.17, 15) is 4.79 Å². The molecule has 1 aromatic heterocycles. The van der Waals surface area contributed by atoms with Crippen LogP contribution in [0.25, 0.3) is 0 Å². The lowest BCUT2D eigenvalue weighted by Crippen LogP contribution is -2.24. The van der Waals surface area contributed by atoms with Crippen molar-refractivity contribution in [2.24, 2.45) is 0 Å². The quantitative estimate of drug-likeness (QED) is 0.716. The molecular formula is C20H21N5O. The Morgan fingerprint density at radius 1 is 1.00 bits per heavy atom. The Kier molecular flexibility index (Phi) is 5.43. The fourth-order valence-electron chi connectivity index (χ4n) is 2.41. The third-order valence-electron chi connectivity index (χ3n) is 3.85. The summed E-state index contributed by atoms with van der Waals surface area (Å²) in [6.07, 6.45) is 1.38. The van der Waals surface area contributed by atoms with Gasteiger partial charge in [0.05, 0.1) is 0 Å². The van der Waals surface area contributed by atoms with Crippen molar-refractivity contribution in [2.75, 3.05) is 24.3 Å². The highest BCUT2D eigenvalue weighted by atomic mass is 16.1. The molecule has 0 aliphatic heterocycles. The van der Waals surface area contributed by atoms with Crippen LogP contribution in [0.3, 0.4) is 0 Å². The normalized spacial score (nSPS) is 10.2. The molecule has 6 nitrogen and oxygen atoms in total. The maximum absolute atomic E-state index is 12.3. The van der Waals surface area contributed by atoms with Crippen molar-refractivity contribution in [1.29, 1.82) is 0 Å². The first-order valence-electron chi connectivity index (χ1n) is 8.30. The molecule has 1 amide bonds. The predicted molar refractivity (Wildman–Crippen MR) is 104 cm³/mol. The minimum Gasteiger partial charge on any atom is -0.378 e. The lowest BCUT2D eigenvalue weighted by atomic mass is 10.2. The molecule has 1 heterocycles. The Morgan fingerprint density at radius 3 is 2.42 bits per heavy atom. The van der Waals surface area contributed by atoms with Gasteiger partial charge in [-0.3, -0.25) is 4.79 Å². The summed E-state index contributed by atoms with van der Waals surface area (Å²) >= 11 is 0. The Hall–Kier alpha value is -3.41. The number of nitrogens with zero attached hydrogens (tertiary/aromatic N) is 3.